The van der Waals surface area contributed by atoms with Gasteiger partial charge in [-0.3, -0.25) is 9.69 Å². The van der Waals surface area contributed by atoms with Crippen LogP contribution < -0.4 is 5.32 Å². The number of ether oxygens (including phenoxy) is 1. The van der Waals surface area contributed by atoms with Crippen LogP contribution in [0.5, 0.6) is 0 Å². The molecule has 0 saturated carbocycles. The zero-order valence-corrected chi connectivity index (χ0v) is 13.2. The van der Waals surface area contributed by atoms with Gasteiger partial charge >= 0.3 is 6.09 Å². The van der Waals surface area contributed by atoms with Crippen molar-refractivity contribution >= 4 is 23.8 Å². The molecule has 1 fully saturated rings. The zero-order chi connectivity index (χ0) is 15.5. The highest BCUT2D eigenvalue weighted by atomic mass is 32.2. The van der Waals surface area contributed by atoms with E-state index < -0.39 is 17.7 Å². The Hall–Kier alpha value is -1.63. The lowest BCUT2D eigenvalue weighted by atomic mass is 10.2. The number of nitrogens with one attached hydrogen (secondary N) is 1. The molecule has 2 heterocycles. The number of furan rings is 1. The summed E-state index contributed by atoms with van der Waals surface area (Å²) in [6.45, 7) is 5.73. The van der Waals surface area contributed by atoms with Crippen LogP contribution in [-0.4, -0.2) is 40.2 Å². The van der Waals surface area contributed by atoms with Gasteiger partial charge in [-0.15, -0.1) is 11.8 Å². The van der Waals surface area contributed by atoms with E-state index >= 15 is 0 Å². The van der Waals surface area contributed by atoms with Crippen LogP contribution in [0.2, 0.25) is 0 Å². The molecule has 1 aromatic rings. The van der Waals surface area contributed by atoms with Gasteiger partial charge < -0.3 is 14.5 Å². The Balaban J connectivity index is 1.91. The maximum absolute atomic E-state index is 12.2. The molecule has 0 spiro atoms. The van der Waals surface area contributed by atoms with E-state index in [0.29, 0.717) is 23.9 Å². The second kappa shape index (κ2) is 6.43. The van der Waals surface area contributed by atoms with Crippen molar-refractivity contribution in [3.63, 3.8) is 0 Å². The molecule has 1 aromatic heterocycles. The highest BCUT2D eigenvalue weighted by Crippen LogP contribution is 2.23. The number of nitrogens with zero attached hydrogens (tertiary/aromatic N) is 1. The van der Waals surface area contributed by atoms with Gasteiger partial charge in [0.1, 0.15) is 17.4 Å². The molecule has 2 amide bonds. The fourth-order valence-corrected chi connectivity index (χ4v) is 3.01. The van der Waals surface area contributed by atoms with Crippen molar-refractivity contribution < 1.29 is 18.7 Å². The molecule has 0 unspecified atom stereocenters. The SMILES string of the molecule is CC(C)(C)OC(=O)N1CSC[C@@H]1C(=O)NCc1ccco1. The van der Waals surface area contributed by atoms with Crippen molar-refractivity contribution in [1.29, 1.82) is 0 Å². The molecule has 6 nitrogen and oxygen atoms in total. The second-order valence-corrected chi connectivity index (χ2v) is 6.76. The Morgan fingerprint density at radius 2 is 2.29 bits per heavy atom. The van der Waals surface area contributed by atoms with E-state index in [-0.39, 0.29) is 5.91 Å². The lowest BCUT2D eigenvalue weighted by Gasteiger charge is -2.27. The molecular weight excluding hydrogens is 292 g/mol. The van der Waals surface area contributed by atoms with Crippen LogP contribution in [0.25, 0.3) is 0 Å². The van der Waals surface area contributed by atoms with Gasteiger partial charge in [0.2, 0.25) is 5.91 Å². The van der Waals surface area contributed by atoms with Crippen molar-refractivity contribution in [2.75, 3.05) is 11.6 Å². The van der Waals surface area contributed by atoms with Gasteiger partial charge in [0.15, 0.2) is 0 Å². The Kier molecular flexibility index (Phi) is 4.82. The molecule has 0 aromatic carbocycles. The summed E-state index contributed by atoms with van der Waals surface area (Å²) in [7, 11) is 0. The molecular formula is C14H20N2O4S. The topological polar surface area (TPSA) is 71.8 Å². The number of carbonyl (C=O) groups is 2. The fraction of sp³-hybridized carbons (Fsp3) is 0.571. The highest BCUT2D eigenvalue weighted by Gasteiger charge is 2.37. The largest absolute Gasteiger partial charge is 0.467 e. The first-order valence-electron chi connectivity index (χ1n) is 6.74. The van der Waals surface area contributed by atoms with Gasteiger partial charge in [-0.2, -0.15) is 0 Å². The average Bonchev–Trinajstić information content (AvgIpc) is 3.05. The van der Waals surface area contributed by atoms with Crippen LogP contribution in [0.4, 0.5) is 4.79 Å². The van der Waals surface area contributed by atoms with Gasteiger partial charge in [0.25, 0.3) is 0 Å². The lowest BCUT2D eigenvalue weighted by Crippen LogP contribution is -2.48. The molecule has 1 saturated heterocycles. The third-order valence-corrected chi connectivity index (χ3v) is 3.84. The first-order valence-corrected chi connectivity index (χ1v) is 7.90. The molecule has 1 N–H and O–H groups in total. The van der Waals surface area contributed by atoms with Crippen molar-refractivity contribution in [2.45, 2.75) is 39.0 Å². The monoisotopic (exact) mass is 312 g/mol. The van der Waals surface area contributed by atoms with Crippen molar-refractivity contribution in [1.82, 2.24) is 10.2 Å². The normalized spacial score (nSPS) is 18.6. The van der Waals surface area contributed by atoms with E-state index in [1.807, 2.05) is 0 Å². The van der Waals surface area contributed by atoms with Gasteiger partial charge in [0.05, 0.1) is 18.7 Å². The predicted molar refractivity (Wildman–Crippen MR) is 79.7 cm³/mol. The fourth-order valence-electron chi connectivity index (χ4n) is 1.87. The van der Waals surface area contributed by atoms with E-state index in [2.05, 4.69) is 5.32 Å². The van der Waals surface area contributed by atoms with Crippen molar-refractivity contribution in [3.8, 4) is 0 Å². The summed E-state index contributed by atoms with van der Waals surface area (Å²) in [5.41, 5.74) is -0.570. The van der Waals surface area contributed by atoms with Gasteiger partial charge in [-0.1, -0.05) is 0 Å². The molecule has 0 bridgehead atoms. The standard InChI is InChI=1S/C14H20N2O4S/c1-14(2,3)20-13(18)16-9-21-8-11(16)12(17)15-7-10-5-4-6-19-10/h4-6,11H,7-9H2,1-3H3,(H,15,17)/t11-/m1/s1. The van der Waals surface area contributed by atoms with Crippen molar-refractivity contribution in [2.24, 2.45) is 0 Å². The summed E-state index contributed by atoms with van der Waals surface area (Å²) in [6, 6.07) is 3.05. The van der Waals surface area contributed by atoms with Crippen LogP contribution in [0.15, 0.2) is 22.8 Å². The minimum Gasteiger partial charge on any atom is -0.467 e. The van der Waals surface area contributed by atoms with Crippen LogP contribution in [0.1, 0.15) is 26.5 Å². The Morgan fingerprint density at radius 3 is 2.90 bits per heavy atom. The first-order chi connectivity index (χ1) is 9.87. The van der Waals surface area contributed by atoms with E-state index in [4.69, 9.17) is 9.15 Å². The molecule has 1 aliphatic heterocycles. The first kappa shape index (κ1) is 15.8. The van der Waals surface area contributed by atoms with Gasteiger partial charge in [-0.05, 0) is 32.9 Å². The Labute approximate surface area is 128 Å². The number of hydrogen-bond acceptors (Lipinski definition) is 5. The second-order valence-electron chi connectivity index (χ2n) is 5.76. The highest BCUT2D eigenvalue weighted by molar-refractivity contribution is 7.99. The number of rotatable bonds is 3. The Bertz CT molecular complexity index is 496. The summed E-state index contributed by atoms with van der Waals surface area (Å²) >= 11 is 1.54. The molecule has 0 radical (unpaired) electrons. The smallest absolute Gasteiger partial charge is 0.411 e. The summed E-state index contributed by atoms with van der Waals surface area (Å²) < 4.78 is 10.5. The lowest BCUT2D eigenvalue weighted by molar-refractivity contribution is -0.125. The number of hydrogen-bond donors (Lipinski definition) is 1. The molecule has 1 aliphatic rings. The van der Waals surface area contributed by atoms with E-state index in [1.54, 1.807) is 39.2 Å². The molecule has 0 aliphatic carbocycles. The van der Waals surface area contributed by atoms with E-state index in [9.17, 15) is 9.59 Å². The summed E-state index contributed by atoms with van der Waals surface area (Å²) in [5.74, 6) is 1.52. The molecule has 7 heteroatoms. The maximum Gasteiger partial charge on any atom is 0.411 e. The molecule has 21 heavy (non-hydrogen) atoms. The molecule has 116 valence electrons. The number of carbonyl (C=O) groups excluding carboxylic acids is 2. The molecule has 1 atom stereocenters. The average molecular weight is 312 g/mol. The number of amides is 2. The quantitative estimate of drug-likeness (QED) is 0.926. The minimum absolute atomic E-state index is 0.192. The van der Waals surface area contributed by atoms with Crippen LogP contribution in [0, 0.1) is 0 Å². The van der Waals surface area contributed by atoms with Crippen LogP contribution >= 0.6 is 11.8 Å². The van der Waals surface area contributed by atoms with Gasteiger partial charge in [0, 0.05) is 5.75 Å². The van der Waals surface area contributed by atoms with Crippen LogP contribution in [-0.2, 0) is 16.1 Å². The van der Waals surface area contributed by atoms with Crippen molar-refractivity contribution in [3.05, 3.63) is 24.2 Å². The van der Waals surface area contributed by atoms with Crippen LogP contribution in [0.3, 0.4) is 0 Å². The summed E-state index contributed by atoms with van der Waals surface area (Å²) in [5, 5.41) is 2.78. The summed E-state index contributed by atoms with van der Waals surface area (Å²) in [6.07, 6.45) is 1.10. The molecule has 2 rings (SSSR count). The third-order valence-electron chi connectivity index (χ3n) is 2.83. The Morgan fingerprint density at radius 1 is 1.52 bits per heavy atom. The van der Waals surface area contributed by atoms with Gasteiger partial charge in [-0.25, -0.2) is 4.79 Å². The predicted octanol–water partition coefficient (Wildman–Crippen LogP) is 2.21. The minimum atomic E-state index is -0.570. The number of thioether (sulfide) groups is 1. The zero-order valence-electron chi connectivity index (χ0n) is 12.4. The third kappa shape index (κ3) is 4.42. The maximum atomic E-state index is 12.2. The van der Waals surface area contributed by atoms with E-state index in [1.165, 1.54) is 16.7 Å². The summed E-state index contributed by atoms with van der Waals surface area (Å²) in [4.78, 5) is 25.8. The van der Waals surface area contributed by atoms with E-state index in [0.717, 1.165) is 0 Å².